The molecule has 0 unspecified atom stereocenters. The number of benzene rings is 1. The van der Waals surface area contributed by atoms with Crippen molar-refractivity contribution in [3.8, 4) is 0 Å². The van der Waals surface area contributed by atoms with Crippen LogP contribution in [0.4, 0.5) is 5.69 Å². The van der Waals surface area contributed by atoms with Crippen molar-refractivity contribution in [1.82, 2.24) is 4.90 Å². The summed E-state index contributed by atoms with van der Waals surface area (Å²) in [4.78, 5) is 2.45. The molecule has 0 amide bonds. The number of piperidine rings is 1. The van der Waals surface area contributed by atoms with Gasteiger partial charge in [0.15, 0.2) is 0 Å². The highest BCUT2D eigenvalue weighted by Gasteiger charge is 2.19. The van der Waals surface area contributed by atoms with E-state index in [2.05, 4.69) is 29.7 Å². The lowest BCUT2D eigenvalue weighted by molar-refractivity contribution is 0.232. The minimum absolute atomic E-state index is 0.685. The molecule has 1 heterocycles. The summed E-state index contributed by atoms with van der Waals surface area (Å²) >= 11 is 0. The molecule has 2 heteroatoms. The molecule has 86 valence electrons. The van der Waals surface area contributed by atoms with E-state index in [1.165, 1.54) is 31.5 Å². The molecular weight excluding hydrogens is 196 g/mol. The van der Waals surface area contributed by atoms with Crippen LogP contribution in [0.5, 0.6) is 0 Å². The molecule has 1 aromatic rings. The topological polar surface area (TPSA) is 29.3 Å². The summed E-state index contributed by atoms with van der Waals surface area (Å²) in [6, 6.07) is 8.33. The van der Waals surface area contributed by atoms with Crippen LogP contribution in [-0.4, -0.2) is 24.5 Å². The maximum absolute atomic E-state index is 5.82. The van der Waals surface area contributed by atoms with E-state index in [9.17, 15) is 0 Å². The van der Waals surface area contributed by atoms with Crippen molar-refractivity contribution >= 4 is 5.69 Å². The summed E-state index contributed by atoms with van der Waals surface area (Å²) in [5, 5.41) is 0. The van der Waals surface area contributed by atoms with Crippen LogP contribution in [0, 0.1) is 0 Å². The molecule has 0 aliphatic carbocycles. The number of nitrogens with zero attached hydrogens (tertiary/aromatic N) is 1. The standard InChI is InChI=1S/C14H20N2/c1-2-8-16-9-6-12(7-10-16)13-4-3-5-14(15)11-13/h2-5,11-12H,1,6-10,15H2. The number of rotatable bonds is 3. The number of likely N-dealkylation sites (tertiary alicyclic amines) is 1. The van der Waals surface area contributed by atoms with Gasteiger partial charge in [-0.15, -0.1) is 6.58 Å². The summed E-state index contributed by atoms with van der Waals surface area (Å²) in [6.07, 6.45) is 4.45. The Morgan fingerprint density at radius 2 is 2.12 bits per heavy atom. The minimum Gasteiger partial charge on any atom is -0.399 e. The van der Waals surface area contributed by atoms with Gasteiger partial charge in [0.1, 0.15) is 0 Å². The third-order valence-electron chi connectivity index (χ3n) is 3.36. The highest BCUT2D eigenvalue weighted by Crippen LogP contribution is 2.28. The average molecular weight is 216 g/mol. The first kappa shape index (κ1) is 11.2. The summed E-state index contributed by atoms with van der Waals surface area (Å²) in [5.74, 6) is 0.685. The van der Waals surface area contributed by atoms with Crippen molar-refractivity contribution in [3.05, 3.63) is 42.5 Å². The summed E-state index contributed by atoms with van der Waals surface area (Å²) < 4.78 is 0. The monoisotopic (exact) mass is 216 g/mol. The highest BCUT2D eigenvalue weighted by atomic mass is 15.1. The molecule has 2 rings (SSSR count). The van der Waals surface area contributed by atoms with Crippen LogP contribution in [0.3, 0.4) is 0 Å². The van der Waals surface area contributed by atoms with Crippen LogP contribution in [0.2, 0.25) is 0 Å². The zero-order chi connectivity index (χ0) is 11.4. The van der Waals surface area contributed by atoms with E-state index in [1.807, 2.05) is 12.1 Å². The fourth-order valence-electron chi connectivity index (χ4n) is 2.44. The first-order chi connectivity index (χ1) is 7.79. The van der Waals surface area contributed by atoms with Crippen LogP contribution < -0.4 is 5.73 Å². The summed E-state index contributed by atoms with van der Waals surface area (Å²) in [5.41, 5.74) is 8.10. The smallest absolute Gasteiger partial charge is 0.0316 e. The van der Waals surface area contributed by atoms with Crippen molar-refractivity contribution in [1.29, 1.82) is 0 Å². The third kappa shape index (κ3) is 2.64. The van der Waals surface area contributed by atoms with Crippen molar-refractivity contribution < 1.29 is 0 Å². The van der Waals surface area contributed by atoms with Gasteiger partial charge in [0, 0.05) is 12.2 Å². The van der Waals surface area contributed by atoms with Gasteiger partial charge >= 0.3 is 0 Å². The van der Waals surface area contributed by atoms with E-state index in [0.29, 0.717) is 5.92 Å². The Morgan fingerprint density at radius 1 is 1.38 bits per heavy atom. The molecule has 1 aromatic carbocycles. The Balaban J connectivity index is 1.96. The zero-order valence-electron chi connectivity index (χ0n) is 9.73. The Bertz CT molecular complexity index is 352. The molecule has 0 spiro atoms. The molecule has 0 bridgehead atoms. The van der Waals surface area contributed by atoms with Gasteiger partial charge in [-0.05, 0) is 49.5 Å². The molecule has 2 nitrogen and oxygen atoms in total. The van der Waals surface area contributed by atoms with Gasteiger partial charge in [-0.2, -0.15) is 0 Å². The van der Waals surface area contributed by atoms with Crippen molar-refractivity contribution in [2.75, 3.05) is 25.4 Å². The van der Waals surface area contributed by atoms with Crippen molar-refractivity contribution in [2.24, 2.45) is 0 Å². The fraction of sp³-hybridized carbons (Fsp3) is 0.429. The molecule has 16 heavy (non-hydrogen) atoms. The molecule has 0 atom stereocenters. The van der Waals surface area contributed by atoms with Gasteiger partial charge in [-0.3, -0.25) is 4.90 Å². The Labute approximate surface area is 97.8 Å². The van der Waals surface area contributed by atoms with E-state index in [4.69, 9.17) is 5.73 Å². The van der Waals surface area contributed by atoms with E-state index < -0.39 is 0 Å². The lowest BCUT2D eigenvalue weighted by Gasteiger charge is -2.31. The second kappa shape index (κ2) is 5.17. The van der Waals surface area contributed by atoms with Gasteiger partial charge < -0.3 is 5.73 Å². The van der Waals surface area contributed by atoms with Gasteiger partial charge in [-0.25, -0.2) is 0 Å². The Hall–Kier alpha value is -1.28. The molecule has 0 aromatic heterocycles. The number of nitrogen functional groups attached to an aromatic ring is 1. The molecular formula is C14H20N2. The number of nitrogens with two attached hydrogens (primary N) is 1. The summed E-state index contributed by atoms with van der Waals surface area (Å²) in [6.45, 7) is 7.15. The molecule has 2 N–H and O–H groups in total. The van der Waals surface area contributed by atoms with Crippen LogP contribution in [0.15, 0.2) is 36.9 Å². The first-order valence-corrected chi connectivity index (χ1v) is 5.98. The van der Waals surface area contributed by atoms with E-state index in [1.54, 1.807) is 0 Å². The second-order valence-corrected chi connectivity index (χ2v) is 4.53. The maximum Gasteiger partial charge on any atom is 0.0316 e. The Kier molecular flexibility index (Phi) is 3.62. The van der Waals surface area contributed by atoms with Crippen molar-refractivity contribution in [2.45, 2.75) is 18.8 Å². The normalized spacial score (nSPS) is 18.5. The van der Waals surface area contributed by atoms with Crippen molar-refractivity contribution in [3.63, 3.8) is 0 Å². The van der Waals surface area contributed by atoms with Crippen LogP contribution in [0.1, 0.15) is 24.3 Å². The summed E-state index contributed by atoms with van der Waals surface area (Å²) in [7, 11) is 0. The first-order valence-electron chi connectivity index (χ1n) is 5.98. The van der Waals surface area contributed by atoms with Crippen LogP contribution >= 0.6 is 0 Å². The number of anilines is 1. The largest absolute Gasteiger partial charge is 0.399 e. The predicted octanol–water partition coefficient (Wildman–Crippen LogP) is 2.63. The molecule has 1 saturated heterocycles. The molecule has 0 radical (unpaired) electrons. The molecule has 1 fully saturated rings. The maximum atomic E-state index is 5.82. The van der Waals surface area contributed by atoms with Gasteiger partial charge in [0.05, 0.1) is 0 Å². The van der Waals surface area contributed by atoms with Crippen LogP contribution in [-0.2, 0) is 0 Å². The lowest BCUT2D eigenvalue weighted by atomic mass is 9.89. The fourth-order valence-corrected chi connectivity index (χ4v) is 2.44. The second-order valence-electron chi connectivity index (χ2n) is 4.53. The average Bonchev–Trinajstić information content (AvgIpc) is 2.30. The van der Waals surface area contributed by atoms with Gasteiger partial charge in [0.2, 0.25) is 0 Å². The number of hydrogen-bond acceptors (Lipinski definition) is 2. The lowest BCUT2D eigenvalue weighted by Crippen LogP contribution is -2.32. The zero-order valence-corrected chi connectivity index (χ0v) is 9.73. The van der Waals surface area contributed by atoms with Gasteiger partial charge in [-0.1, -0.05) is 18.2 Å². The van der Waals surface area contributed by atoms with Gasteiger partial charge in [0.25, 0.3) is 0 Å². The number of hydrogen-bond donors (Lipinski definition) is 1. The quantitative estimate of drug-likeness (QED) is 0.621. The predicted molar refractivity (Wildman–Crippen MR) is 69.5 cm³/mol. The molecule has 1 aliphatic heterocycles. The minimum atomic E-state index is 0.685. The van der Waals surface area contributed by atoms with E-state index in [-0.39, 0.29) is 0 Å². The molecule has 1 aliphatic rings. The SMILES string of the molecule is C=CCN1CCC(c2cccc(N)c2)CC1. The van der Waals surface area contributed by atoms with Crippen LogP contribution in [0.25, 0.3) is 0 Å². The third-order valence-corrected chi connectivity index (χ3v) is 3.36. The van der Waals surface area contributed by atoms with E-state index in [0.717, 1.165) is 12.2 Å². The Morgan fingerprint density at radius 3 is 2.75 bits per heavy atom. The molecule has 0 saturated carbocycles. The van der Waals surface area contributed by atoms with E-state index >= 15 is 0 Å². The highest BCUT2D eigenvalue weighted by molar-refractivity contribution is 5.41.